The van der Waals surface area contributed by atoms with E-state index in [1.165, 1.54) is 0 Å². The molecule has 3 heterocycles. The zero-order chi connectivity index (χ0) is 11.7. The molecule has 0 saturated heterocycles. The number of nitrogens with zero attached hydrogens (tertiary/aromatic N) is 3. The third-order valence-electron chi connectivity index (χ3n) is 2.13. The summed E-state index contributed by atoms with van der Waals surface area (Å²) < 4.78 is 6.04. The first kappa shape index (κ1) is 10.6. The fraction of sp³-hybridized carbons (Fsp3) is 0. The van der Waals surface area contributed by atoms with Gasteiger partial charge < -0.3 is 4.52 Å². The first-order valence-corrected chi connectivity index (χ1v) is 6.50. The van der Waals surface area contributed by atoms with Crippen molar-refractivity contribution in [2.75, 3.05) is 0 Å². The van der Waals surface area contributed by atoms with Crippen LogP contribution in [0.2, 0.25) is 0 Å². The third kappa shape index (κ3) is 2.01. The second-order valence-corrected chi connectivity index (χ2v) is 5.04. The maximum Gasteiger partial charge on any atom is 0.278 e. The summed E-state index contributed by atoms with van der Waals surface area (Å²) in [5, 5.41) is 5.91. The fourth-order valence-corrected chi connectivity index (χ4v) is 2.44. The first-order valence-electron chi connectivity index (χ1n) is 4.83. The van der Waals surface area contributed by atoms with Gasteiger partial charge in [-0.2, -0.15) is 4.98 Å². The summed E-state index contributed by atoms with van der Waals surface area (Å²) in [6.07, 6.45) is 1.69. The van der Waals surface area contributed by atoms with E-state index in [4.69, 9.17) is 4.52 Å². The second-order valence-electron chi connectivity index (χ2n) is 3.23. The molecule has 3 rings (SSSR count). The molecule has 0 spiro atoms. The molecule has 0 bridgehead atoms. The molecule has 0 fully saturated rings. The smallest absolute Gasteiger partial charge is 0.278 e. The largest absolute Gasteiger partial charge is 0.332 e. The summed E-state index contributed by atoms with van der Waals surface area (Å²) in [4.78, 5) is 9.51. The molecule has 0 radical (unpaired) electrons. The van der Waals surface area contributed by atoms with Gasteiger partial charge in [0.15, 0.2) is 0 Å². The van der Waals surface area contributed by atoms with Crippen LogP contribution in [-0.2, 0) is 0 Å². The van der Waals surface area contributed by atoms with Crippen LogP contribution in [0, 0.1) is 0 Å². The van der Waals surface area contributed by atoms with Crippen molar-refractivity contribution in [1.82, 2.24) is 15.1 Å². The van der Waals surface area contributed by atoms with E-state index >= 15 is 0 Å². The lowest BCUT2D eigenvalue weighted by molar-refractivity contribution is 0.431. The molecule has 4 nitrogen and oxygen atoms in total. The molecule has 0 aliphatic heterocycles. The van der Waals surface area contributed by atoms with Gasteiger partial charge >= 0.3 is 0 Å². The lowest BCUT2D eigenvalue weighted by Crippen LogP contribution is -1.84. The van der Waals surface area contributed by atoms with Crippen molar-refractivity contribution in [3.05, 3.63) is 40.3 Å². The van der Waals surface area contributed by atoms with Gasteiger partial charge in [0.2, 0.25) is 5.82 Å². The van der Waals surface area contributed by atoms with Crippen molar-refractivity contribution in [2.45, 2.75) is 0 Å². The Morgan fingerprint density at radius 1 is 1.24 bits per heavy atom. The van der Waals surface area contributed by atoms with Crippen molar-refractivity contribution < 1.29 is 4.52 Å². The van der Waals surface area contributed by atoms with Crippen LogP contribution in [0.5, 0.6) is 0 Å². The van der Waals surface area contributed by atoms with Gasteiger partial charge in [0.05, 0.1) is 4.88 Å². The molecule has 0 unspecified atom stereocenters. The molecule has 84 valence electrons. The van der Waals surface area contributed by atoms with Crippen LogP contribution >= 0.6 is 27.3 Å². The minimum absolute atomic E-state index is 0.417. The highest BCUT2D eigenvalue weighted by Gasteiger charge is 2.14. The van der Waals surface area contributed by atoms with Crippen LogP contribution in [-0.4, -0.2) is 15.1 Å². The summed E-state index contributed by atoms with van der Waals surface area (Å²) in [5.41, 5.74) is 0.655. The lowest BCUT2D eigenvalue weighted by atomic mass is 10.3. The van der Waals surface area contributed by atoms with E-state index in [9.17, 15) is 0 Å². The molecule has 17 heavy (non-hydrogen) atoms. The van der Waals surface area contributed by atoms with Gasteiger partial charge in [-0.15, -0.1) is 11.3 Å². The quantitative estimate of drug-likeness (QED) is 0.725. The average molecular weight is 308 g/mol. The minimum atomic E-state index is 0.417. The average Bonchev–Trinajstić information content (AvgIpc) is 3.00. The molecule has 3 aromatic heterocycles. The summed E-state index contributed by atoms with van der Waals surface area (Å²) in [7, 11) is 0. The van der Waals surface area contributed by atoms with Crippen molar-refractivity contribution in [3.63, 3.8) is 0 Å². The number of pyridine rings is 1. The molecule has 6 heteroatoms. The van der Waals surface area contributed by atoms with Crippen LogP contribution in [0.4, 0.5) is 0 Å². The number of hydrogen-bond donors (Lipinski definition) is 0. The van der Waals surface area contributed by atoms with Crippen molar-refractivity contribution >= 4 is 27.3 Å². The summed E-state index contributed by atoms with van der Waals surface area (Å²) in [5.74, 6) is 1.01. The number of rotatable bonds is 2. The van der Waals surface area contributed by atoms with E-state index in [2.05, 4.69) is 31.1 Å². The molecule has 0 N–H and O–H groups in total. The Balaban J connectivity index is 2.04. The summed E-state index contributed by atoms with van der Waals surface area (Å²) >= 11 is 4.97. The standard InChI is InChI=1S/C11H6BrN3OS/c12-7-3-1-5-13-9(7)11-14-10(15-16-11)8-4-2-6-17-8/h1-6H. The van der Waals surface area contributed by atoms with Gasteiger partial charge in [-0.25, -0.2) is 4.98 Å². The van der Waals surface area contributed by atoms with Crippen molar-refractivity contribution in [2.24, 2.45) is 0 Å². The van der Waals surface area contributed by atoms with Crippen LogP contribution in [0.1, 0.15) is 0 Å². The van der Waals surface area contributed by atoms with Crippen molar-refractivity contribution in [1.29, 1.82) is 0 Å². The van der Waals surface area contributed by atoms with E-state index < -0.39 is 0 Å². The minimum Gasteiger partial charge on any atom is -0.332 e. The third-order valence-corrected chi connectivity index (χ3v) is 3.63. The topological polar surface area (TPSA) is 51.8 Å². The zero-order valence-electron chi connectivity index (χ0n) is 8.50. The highest BCUT2D eigenvalue weighted by molar-refractivity contribution is 9.10. The van der Waals surface area contributed by atoms with Crippen molar-refractivity contribution in [3.8, 4) is 22.3 Å². The Kier molecular flexibility index (Phi) is 2.74. The number of halogens is 1. The highest BCUT2D eigenvalue weighted by Crippen LogP contribution is 2.27. The molecular weight excluding hydrogens is 302 g/mol. The molecule has 0 saturated carbocycles. The SMILES string of the molecule is Brc1cccnc1-c1nc(-c2cccs2)no1. The van der Waals surface area contributed by atoms with Crippen LogP contribution < -0.4 is 0 Å². The van der Waals surface area contributed by atoms with Gasteiger partial charge in [-0.05, 0) is 39.5 Å². The summed E-state index contributed by atoms with van der Waals surface area (Å²) in [6, 6.07) is 7.63. The number of thiophene rings is 1. The van der Waals surface area contributed by atoms with Gasteiger partial charge in [0.25, 0.3) is 5.89 Å². The van der Waals surface area contributed by atoms with Gasteiger partial charge in [-0.3, -0.25) is 0 Å². The Bertz CT molecular complexity index is 636. The van der Waals surface area contributed by atoms with E-state index in [-0.39, 0.29) is 0 Å². The number of hydrogen-bond acceptors (Lipinski definition) is 5. The van der Waals surface area contributed by atoms with E-state index in [0.717, 1.165) is 9.35 Å². The normalized spacial score (nSPS) is 10.6. The molecule has 0 aliphatic carbocycles. The Morgan fingerprint density at radius 3 is 2.94 bits per heavy atom. The molecule has 0 amide bonds. The molecule has 0 aromatic carbocycles. The first-order chi connectivity index (χ1) is 8.34. The molecule has 0 aliphatic rings. The highest BCUT2D eigenvalue weighted by atomic mass is 79.9. The van der Waals surface area contributed by atoms with E-state index in [0.29, 0.717) is 17.4 Å². The number of aromatic nitrogens is 3. The van der Waals surface area contributed by atoms with Crippen LogP contribution in [0.3, 0.4) is 0 Å². The Hall–Kier alpha value is -1.53. The van der Waals surface area contributed by atoms with Gasteiger partial charge in [0, 0.05) is 10.7 Å². The van der Waals surface area contributed by atoms with Crippen LogP contribution in [0.25, 0.3) is 22.3 Å². The summed E-state index contributed by atoms with van der Waals surface area (Å²) in [6.45, 7) is 0. The monoisotopic (exact) mass is 307 g/mol. The molecule has 0 atom stereocenters. The van der Waals surface area contributed by atoms with Gasteiger partial charge in [0.1, 0.15) is 5.69 Å². The lowest BCUT2D eigenvalue weighted by Gasteiger charge is -1.94. The second kappa shape index (κ2) is 4.38. The van der Waals surface area contributed by atoms with E-state index in [1.54, 1.807) is 17.5 Å². The fourth-order valence-electron chi connectivity index (χ4n) is 1.37. The molecule has 3 aromatic rings. The predicted molar refractivity (Wildman–Crippen MR) is 68.5 cm³/mol. The Labute approximate surface area is 109 Å². The molecular formula is C11H6BrN3OS. The van der Waals surface area contributed by atoms with Gasteiger partial charge in [-0.1, -0.05) is 11.2 Å². The maximum absolute atomic E-state index is 5.21. The Morgan fingerprint density at radius 2 is 2.18 bits per heavy atom. The van der Waals surface area contributed by atoms with E-state index in [1.807, 2.05) is 29.6 Å². The van der Waals surface area contributed by atoms with Crippen LogP contribution in [0.15, 0.2) is 44.8 Å². The maximum atomic E-state index is 5.21. The predicted octanol–water partition coefficient (Wildman–Crippen LogP) is 3.62. The zero-order valence-corrected chi connectivity index (χ0v) is 10.9.